The molecule has 21 heavy (non-hydrogen) atoms. The number of hydrogen-bond donors (Lipinski definition) is 1. The smallest absolute Gasteiger partial charge is 0.197 e. The van der Waals surface area contributed by atoms with Crippen LogP contribution in [0.4, 0.5) is 5.69 Å². The minimum absolute atomic E-state index is 0.103. The zero-order chi connectivity index (χ0) is 14.8. The highest BCUT2D eigenvalue weighted by molar-refractivity contribution is 7.21. The summed E-state index contributed by atoms with van der Waals surface area (Å²) in [6, 6.07) is 15.2. The number of ketones is 1. The molecule has 0 aliphatic heterocycles. The molecule has 1 aromatic heterocycles. The van der Waals surface area contributed by atoms with Crippen molar-refractivity contribution in [3.8, 4) is 0 Å². The van der Waals surface area contributed by atoms with Gasteiger partial charge in [0.2, 0.25) is 0 Å². The molecule has 0 unspecified atom stereocenters. The molecule has 2 nitrogen and oxygen atoms in total. The van der Waals surface area contributed by atoms with Crippen molar-refractivity contribution >= 4 is 50.6 Å². The maximum Gasteiger partial charge on any atom is 0.197 e. The highest BCUT2D eigenvalue weighted by atomic mass is 35.5. The first-order valence-corrected chi connectivity index (χ1v) is 7.60. The van der Waals surface area contributed by atoms with Crippen molar-refractivity contribution in [2.75, 3.05) is 5.73 Å². The molecule has 0 saturated carbocycles. The van der Waals surface area contributed by atoms with E-state index in [-0.39, 0.29) is 5.78 Å². The van der Waals surface area contributed by atoms with Crippen molar-refractivity contribution in [1.29, 1.82) is 0 Å². The molecule has 0 aliphatic rings. The Morgan fingerprint density at radius 1 is 1.10 bits per heavy atom. The summed E-state index contributed by atoms with van der Waals surface area (Å²) in [5.74, 6) is -0.103. The number of nitrogen functional groups attached to an aromatic ring is 1. The lowest BCUT2D eigenvalue weighted by molar-refractivity contribution is 0.105. The third-order valence-corrected chi connectivity index (χ3v) is 4.65. The topological polar surface area (TPSA) is 43.1 Å². The van der Waals surface area contributed by atoms with E-state index in [9.17, 15) is 4.79 Å². The lowest BCUT2D eigenvalue weighted by Gasteiger charge is -1.96. The van der Waals surface area contributed by atoms with Crippen molar-refractivity contribution in [2.45, 2.75) is 0 Å². The average Bonchev–Trinajstić information content (AvgIpc) is 2.84. The van der Waals surface area contributed by atoms with Crippen LogP contribution in [0.25, 0.3) is 16.2 Å². The molecule has 0 aliphatic carbocycles. The first-order chi connectivity index (χ1) is 10.2. The Morgan fingerprint density at radius 2 is 1.86 bits per heavy atom. The molecule has 1 heterocycles. The predicted molar refractivity (Wildman–Crippen MR) is 91.1 cm³/mol. The molecule has 2 aromatic carbocycles. The van der Waals surface area contributed by atoms with Crippen LogP contribution in [-0.2, 0) is 0 Å². The monoisotopic (exact) mass is 313 g/mol. The summed E-state index contributed by atoms with van der Waals surface area (Å²) >= 11 is 7.52. The van der Waals surface area contributed by atoms with Gasteiger partial charge in [0.25, 0.3) is 0 Å². The number of allylic oxidation sites excluding steroid dienone is 1. The number of fused-ring (bicyclic) bond motifs is 1. The summed E-state index contributed by atoms with van der Waals surface area (Å²) in [5.41, 5.74) is 7.52. The molecule has 0 bridgehead atoms. The van der Waals surface area contributed by atoms with Gasteiger partial charge in [-0.1, -0.05) is 54.1 Å². The standard InChI is InChI=1S/C17H12ClNOS/c18-12-7-4-8-14-15(12)16(19)17(21-14)13(20)10-9-11-5-2-1-3-6-11/h1-10H,19H2. The van der Waals surface area contributed by atoms with Gasteiger partial charge in [-0.05, 0) is 23.8 Å². The zero-order valence-corrected chi connectivity index (χ0v) is 12.6. The molecule has 4 heteroatoms. The number of carbonyl (C=O) groups excluding carboxylic acids is 1. The number of rotatable bonds is 3. The molecule has 0 fully saturated rings. The van der Waals surface area contributed by atoms with Gasteiger partial charge in [-0.15, -0.1) is 11.3 Å². The van der Waals surface area contributed by atoms with Gasteiger partial charge in [0.1, 0.15) is 0 Å². The number of carbonyl (C=O) groups is 1. The predicted octanol–water partition coefficient (Wildman–Crippen LogP) is 5.03. The van der Waals surface area contributed by atoms with Gasteiger partial charge in [0, 0.05) is 10.1 Å². The van der Waals surface area contributed by atoms with E-state index in [1.807, 2.05) is 42.5 Å². The highest BCUT2D eigenvalue weighted by Crippen LogP contribution is 2.38. The molecule has 0 radical (unpaired) electrons. The van der Waals surface area contributed by atoms with Crippen molar-refractivity contribution < 1.29 is 4.79 Å². The number of anilines is 1. The SMILES string of the molecule is Nc1c(C(=O)C=Cc2ccccc2)sc2cccc(Cl)c12. The van der Waals surface area contributed by atoms with Gasteiger partial charge in [-0.3, -0.25) is 4.79 Å². The van der Waals surface area contributed by atoms with E-state index >= 15 is 0 Å². The number of benzene rings is 2. The summed E-state index contributed by atoms with van der Waals surface area (Å²) in [7, 11) is 0. The van der Waals surface area contributed by atoms with Crippen molar-refractivity contribution in [3.05, 3.63) is 70.1 Å². The molecular weight excluding hydrogens is 302 g/mol. The number of thiophene rings is 1. The lowest BCUT2D eigenvalue weighted by Crippen LogP contribution is -1.96. The second kappa shape index (κ2) is 5.72. The maximum absolute atomic E-state index is 12.3. The fraction of sp³-hybridized carbons (Fsp3) is 0. The van der Waals surface area contributed by atoms with Crippen molar-refractivity contribution in [2.24, 2.45) is 0 Å². The molecule has 2 N–H and O–H groups in total. The molecule has 0 amide bonds. The van der Waals surface area contributed by atoms with E-state index in [0.29, 0.717) is 15.6 Å². The van der Waals surface area contributed by atoms with Crippen LogP contribution in [0.2, 0.25) is 5.02 Å². The third kappa shape index (κ3) is 2.71. The lowest BCUT2D eigenvalue weighted by atomic mass is 10.1. The molecule has 3 rings (SSSR count). The quantitative estimate of drug-likeness (QED) is 0.544. The summed E-state index contributed by atoms with van der Waals surface area (Å²) < 4.78 is 0.927. The Bertz CT molecular complexity index is 837. The third-order valence-electron chi connectivity index (χ3n) is 3.15. The van der Waals surface area contributed by atoms with Crippen LogP contribution in [0.15, 0.2) is 54.6 Å². The van der Waals surface area contributed by atoms with E-state index in [1.54, 1.807) is 18.2 Å². The van der Waals surface area contributed by atoms with E-state index in [0.717, 1.165) is 15.6 Å². The van der Waals surface area contributed by atoms with Crippen LogP contribution in [0, 0.1) is 0 Å². The molecule has 104 valence electrons. The maximum atomic E-state index is 12.3. The second-order valence-electron chi connectivity index (χ2n) is 4.57. The first-order valence-electron chi connectivity index (χ1n) is 6.41. The Balaban J connectivity index is 1.97. The Hall–Kier alpha value is -2.10. The molecule has 0 saturated heterocycles. The molecular formula is C17H12ClNOS. The summed E-state index contributed by atoms with van der Waals surface area (Å²) in [4.78, 5) is 12.9. The average molecular weight is 314 g/mol. The molecule has 0 atom stereocenters. The van der Waals surface area contributed by atoms with Crippen LogP contribution in [0.3, 0.4) is 0 Å². The van der Waals surface area contributed by atoms with Gasteiger partial charge in [-0.25, -0.2) is 0 Å². The number of nitrogens with two attached hydrogens (primary N) is 1. The first kappa shape index (κ1) is 13.9. The summed E-state index contributed by atoms with van der Waals surface area (Å²) in [5, 5.41) is 1.34. The van der Waals surface area contributed by atoms with Gasteiger partial charge in [-0.2, -0.15) is 0 Å². The van der Waals surface area contributed by atoms with Gasteiger partial charge < -0.3 is 5.73 Å². The second-order valence-corrected chi connectivity index (χ2v) is 6.03. The normalized spacial score (nSPS) is 11.3. The Kier molecular flexibility index (Phi) is 3.78. The fourth-order valence-electron chi connectivity index (χ4n) is 2.12. The zero-order valence-electron chi connectivity index (χ0n) is 11.0. The van der Waals surface area contributed by atoms with Crippen LogP contribution in [0.5, 0.6) is 0 Å². The number of halogens is 1. The summed E-state index contributed by atoms with van der Waals surface area (Å²) in [6.45, 7) is 0. The van der Waals surface area contributed by atoms with E-state index < -0.39 is 0 Å². The van der Waals surface area contributed by atoms with E-state index in [1.165, 1.54) is 11.3 Å². The molecule has 3 aromatic rings. The summed E-state index contributed by atoms with van der Waals surface area (Å²) in [6.07, 6.45) is 3.33. The minimum Gasteiger partial charge on any atom is -0.397 e. The van der Waals surface area contributed by atoms with E-state index in [4.69, 9.17) is 17.3 Å². The van der Waals surface area contributed by atoms with E-state index in [2.05, 4.69) is 0 Å². The van der Waals surface area contributed by atoms with Crippen LogP contribution in [-0.4, -0.2) is 5.78 Å². The fourth-order valence-corrected chi connectivity index (χ4v) is 3.53. The largest absolute Gasteiger partial charge is 0.397 e. The highest BCUT2D eigenvalue weighted by Gasteiger charge is 2.16. The van der Waals surface area contributed by atoms with Crippen LogP contribution < -0.4 is 5.73 Å². The van der Waals surface area contributed by atoms with Crippen LogP contribution in [0.1, 0.15) is 15.2 Å². The number of hydrogen-bond acceptors (Lipinski definition) is 3. The Labute approximate surface area is 131 Å². The van der Waals surface area contributed by atoms with Gasteiger partial charge in [0.15, 0.2) is 5.78 Å². The van der Waals surface area contributed by atoms with Crippen LogP contribution >= 0.6 is 22.9 Å². The Morgan fingerprint density at radius 3 is 2.57 bits per heavy atom. The molecule has 0 spiro atoms. The van der Waals surface area contributed by atoms with Crippen molar-refractivity contribution in [3.63, 3.8) is 0 Å². The minimum atomic E-state index is -0.103. The van der Waals surface area contributed by atoms with Gasteiger partial charge >= 0.3 is 0 Å². The van der Waals surface area contributed by atoms with Gasteiger partial charge in [0.05, 0.1) is 15.6 Å². The van der Waals surface area contributed by atoms with Crippen molar-refractivity contribution in [1.82, 2.24) is 0 Å².